The SMILES string of the molecule is CCOc1cccc(N2CC3(CCCC(C)(Cn4cnc5c(C)cc(C#N)cc54)C3)OC2=O)c1. The Hall–Kier alpha value is -3.53. The van der Waals surface area contributed by atoms with Gasteiger partial charge in [0.15, 0.2) is 0 Å². The number of carbonyl (C=O) groups is 1. The van der Waals surface area contributed by atoms with E-state index in [9.17, 15) is 10.1 Å². The molecule has 0 radical (unpaired) electrons. The summed E-state index contributed by atoms with van der Waals surface area (Å²) in [7, 11) is 0. The number of hydrogen-bond donors (Lipinski definition) is 0. The number of carbonyl (C=O) groups excluding carboxylic acids is 1. The van der Waals surface area contributed by atoms with E-state index in [2.05, 4.69) is 22.5 Å². The third kappa shape index (κ3) is 3.98. The van der Waals surface area contributed by atoms with Gasteiger partial charge in [-0.25, -0.2) is 9.78 Å². The number of nitrogens with zero attached hydrogens (tertiary/aromatic N) is 4. The Kier molecular flexibility index (Phi) is 5.47. The summed E-state index contributed by atoms with van der Waals surface area (Å²) in [6, 6.07) is 13.7. The molecule has 1 aromatic heterocycles. The topological polar surface area (TPSA) is 80.4 Å². The highest BCUT2D eigenvalue weighted by Gasteiger charge is 2.51. The molecule has 34 heavy (non-hydrogen) atoms. The molecule has 2 aromatic carbocycles. The van der Waals surface area contributed by atoms with Crippen molar-refractivity contribution in [3.63, 3.8) is 0 Å². The van der Waals surface area contributed by atoms with Crippen LogP contribution in [0.4, 0.5) is 10.5 Å². The van der Waals surface area contributed by atoms with Gasteiger partial charge in [-0.1, -0.05) is 13.0 Å². The van der Waals surface area contributed by atoms with E-state index in [-0.39, 0.29) is 11.5 Å². The molecule has 1 saturated heterocycles. The van der Waals surface area contributed by atoms with Crippen LogP contribution in [0.1, 0.15) is 50.7 Å². The summed E-state index contributed by atoms with van der Waals surface area (Å²) < 4.78 is 13.9. The first-order chi connectivity index (χ1) is 16.3. The summed E-state index contributed by atoms with van der Waals surface area (Å²) in [6.45, 7) is 8.09. The van der Waals surface area contributed by atoms with E-state index in [1.165, 1.54) is 0 Å². The summed E-state index contributed by atoms with van der Waals surface area (Å²) in [5.74, 6) is 0.751. The highest BCUT2D eigenvalue weighted by atomic mass is 16.6. The molecule has 5 rings (SSSR count). The normalized spacial score (nSPS) is 24.4. The van der Waals surface area contributed by atoms with Gasteiger partial charge in [0, 0.05) is 12.6 Å². The number of aromatic nitrogens is 2. The molecule has 7 nitrogen and oxygen atoms in total. The first-order valence-electron chi connectivity index (χ1n) is 11.9. The maximum absolute atomic E-state index is 12.9. The van der Waals surface area contributed by atoms with Gasteiger partial charge in [-0.3, -0.25) is 4.90 Å². The zero-order valence-electron chi connectivity index (χ0n) is 20.0. The van der Waals surface area contributed by atoms with E-state index in [0.29, 0.717) is 18.7 Å². The second-order valence-corrected chi connectivity index (χ2v) is 10.1. The van der Waals surface area contributed by atoms with Crippen LogP contribution in [0, 0.1) is 23.7 Å². The van der Waals surface area contributed by atoms with Crippen LogP contribution in [0.3, 0.4) is 0 Å². The average molecular weight is 459 g/mol. The fourth-order valence-corrected chi connectivity index (χ4v) is 5.82. The van der Waals surface area contributed by atoms with Gasteiger partial charge in [-0.05, 0) is 74.8 Å². The molecular weight excluding hydrogens is 428 g/mol. The third-order valence-electron chi connectivity index (χ3n) is 7.17. The van der Waals surface area contributed by atoms with Crippen LogP contribution in [-0.4, -0.2) is 34.4 Å². The number of fused-ring (bicyclic) bond motifs is 1. The van der Waals surface area contributed by atoms with Crippen LogP contribution in [0.5, 0.6) is 5.75 Å². The van der Waals surface area contributed by atoms with Crippen LogP contribution in [0.15, 0.2) is 42.7 Å². The molecule has 176 valence electrons. The quantitative estimate of drug-likeness (QED) is 0.498. The molecule has 0 N–H and O–H groups in total. The minimum atomic E-state index is -0.504. The summed E-state index contributed by atoms with van der Waals surface area (Å²) in [4.78, 5) is 19.3. The number of ether oxygens (including phenoxy) is 2. The van der Waals surface area contributed by atoms with Crippen molar-refractivity contribution in [3.8, 4) is 11.8 Å². The molecule has 2 atom stereocenters. The lowest BCUT2D eigenvalue weighted by molar-refractivity contribution is -0.0264. The summed E-state index contributed by atoms with van der Waals surface area (Å²) >= 11 is 0. The monoisotopic (exact) mass is 458 g/mol. The minimum Gasteiger partial charge on any atom is -0.494 e. The van der Waals surface area contributed by atoms with Crippen LogP contribution in [0.25, 0.3) is 11.0 Å². The van der Waals surface area contributed by atoms with Crippen LogP contribution in [-0.2, 0) is 11.3 Å². The van der Waals surface area contributed by atoms with E-state index >= 15 is 0 Å². The zero-order valence-corrected chi connectivity index (χ0v) is 20.0. The largest absolute Gasteiger partial charge is 0.494 e. The van der Waals surface area contributed by atoms with Gasteiger partial charge in [-0.15, -0.1) is 0 Å². The standard InChI is InChI=1S/C27H30N4O3/c1-4-33-22-8-5-7-21(13-22)31-17-27(34-25(31)32)10-6-9-26(3,15-27)16-30-18-29-24-19(2)11-20(14-28)12-23(24)30/h5,7-8,11-13,18H,4,6,9-10,15-17H2,1-3H3. The first-order valence-corrected chi connectivity index (χ1v) is 11.9. The zero-order chi connectivity index (χ0) is 23.9. The second-order valence-electron chi connectivity index (χ2n) is 10.1. The molecule has 1 saturated carbocycles. The lowest BCUT2D eigenvalue weighted by atomic mass is 9.68. The fraction of sp³-hybridized carbons (Fsp3) is 0.444. The number of nitriles is 1. The van der Waals surface area contributed by atoms with Gasteiger partial charge in [0.25, 0.3) is 0 Å². The number of aryl methyl sites for hydroxylation is 1. The highest BCUT2D eigenvalue weighted by Crippen LogP contribution is 2.48. The predicted molar refractivity (Wildman–Crippen MR) is 130 cm³/mol. The molecule has 2 aliphatic rings. The van der Waals surface area contributed by atoms with Gasteiger partial charge in [0.1, 0.15) is 11.4 Å². The van der Waals surface area contributed by atoms with Crippen molar-refractivity contribution in [3.05, 3.63) is 53.9 Å². The van der Waals surface area contributed by atoms with E-state index in [4.69, 9.17) is 9.47 Å². The van der Waals surface area contributed by atoms with Crippen molar-refractivity contribution >= 4 is 22.8 Å². The van der Waals surface area contributed by atoms with Crippen LogP contribution >= 0.6 is 0 Å². The van der Waals surface area contributed by atoms with Gasteiger partial charge < -0.3 is 14.0 Å². The summed E-state index contributed by atoms with van der Waals surface area (Å²) in [5, 5.41) is 9.41. The van der Waals surface area contributed by atoms with Crippen molar-refractivity contribution in [2.75, 3.05) is 18.1 Å². The van der Waals surface area contributed by atoms with Crippen molar-refractivity contribution < 1.29 is 14.3 Å². The lowest BCUT2D eigenvalue weighted by Crippen LogP contribution is -2.45. The molecule has 2 fully saturated rings. The smallest absolute Gasteiger partial charge is 0.415 e. The van der Waals surface area contributed by atoms with E-state index in [0.717, 1.165) is 60.3 Å². The maximum Gasteiger partial charge on any atom is 0.415 e. The van der Waals surface area contributed by atoms with E-state index < -0.39 is 5.60 Å². The molecule has 2 heterocycles. The second kappa shape index (κ2) is 8.35. The first kappa shape index (κ1) is 22.3. The van der Waals surface area contributed by atoms with Gasteiger partial charge >= 0.3 is 6.09 Å². The van der Waals surface area contributed by atoms with E-state index in [1.807, 2.05) is 56.6 Å². The molecule has 7 heteroatoms. The van der Waals surface area contributed by atoms with Crippen LogP contribution in [0.2, 0.25) is 0 Å². The van der Waals surface area contributed by atoms with Gasteiger partial charge in [-0.2, -0.15) is 5.26 Å². The Labute approximate surface area is 199 Å². The molecule has 0 bridgehead atoms. The average Bonchev–Trinajstić information content (AvgIpc) is 3.34. The van der Waals surface area contributed by atoms with Crippen LogP contribution < -0.4 is 9.64 Å². The molecule has 2 unspecified atom stereocenters. The van der Waals surface area contributed by atoms with Gasteiger partial charge in [0.05, 0.1) is 47.8 Å². The lowest BCUT2D eigenvalue weighted by Gasteiger charge is -2.43. The number of benzene rings is 2. The Balaban J connectivity index is 1.39. The molecular formula is C27H30N4O3. The number of amides is 1. The third-order valence-corrected chi connectivity index (χ3v) is 7.17. The molecule has 1 aliphatic heterocycles. The Morgan fingerprint density at radius 2 is 2.12 bits per heavy atom. The Morgan fingerprint density at radius 1 is 1.26 bits per heavy atom. The van der Waals surface area contributed by atoms with Crippen molar-refractivity contribution in [1.82, 2.24) is 9.55 Å². The molecule has 3 aromatic rings. The number of rotatable bonds is 5. The predicted octanol–water partition coefficient (Wildman–Crippen LogP) is 5.59. The number of anilines is 1. The highest BCUT2D eigenvalue weighted by molar-refractivity contribution is 5.90. The maximum atomic E-state index is 12.9. The summed E-state index contributed by atoms with van der Waals surface area (Å²) in [6.07, 6.45) is 5.26. The fourth-order valence-electron chi connectivity index (χ4n) is 5.82. The van der Waals surface area contributed by atoms with E-state index in [1.54, 1.807) is 4.90 Å². The molecule has 1 amide bonds. The molecule has 1 aliphatic carbocycles. The van der Waals surface area contributed by atoms with Gasteiger partial charge in [0.2, 0.25) is 0 Å². The Bertz CT molecular complexity index is 1290. The minimum absolute atomic E-state index is 0.0636. The summed E-state index contributed by atoms with van der Waals surface area (Å²) in [5.41, 5.74) is 3.80. The Morgan fingerprint density at radius 3 is 2.91 bits per heavy atom. The number of imidazole rings is 1. The molecule has 1 spiro atoms. The van der Waals surface area contributed by atoms with Crippen molar-refractivity contribution in [2.45, 2.75) is 58.6 Å². The van der Waals surface area contributed by atoms with Crippen molar-refractivity contribution in [2.24, 2.45) is 5.41 Å². The number of hydrogen-bond acceptors (Lipinski definition) is 5. The van der Waals surface area contributed by atoms with Crippen molar-refractivity contribution in [1.29, 1.82) is 5.26 Å².